The molecule has 0 aliphatic carbocycles. The van der Waals surface area contributed by atoms with Gasteiger partial charge in [-0.25, -0.2) is 9.79 Å². The molecule has 0 saturated carbocycles. The second-order valence-corrected chi connectivity index (χ2v) is 11.6. The number of hydrogen-bond acceptors (Lipinski definition) is 9. The Bertz CT molecular complexity index is 1780. The van der Waals surface area contributed by atoms with E-state index in [-0.39, 0.29) is 41.3 Å². The van der Waals surface area contributed by atoms with Crippen LogP contribution < -0.4 is 30.2 Å². The monoisotopic (exact) mass is 682 g/mol. The second kappa shape index (κ2) is 17.8. The number of guanidine groups is 1. The predicted octanol–water partition coefficient (Wildman–Crippen LogP) is 6.00. The van der Waals surface area contributed by atoms with Crippen molar-refractivity contribution in [1.29, 1.82) is 0 Å². The number of amides is 3. The number of ether oxygens (including phenoxy) is 4. The Balaban J connectivity index is 1.76. The molecule has 0 radical (unpaired) electrons. The summed E-state index contributed by atoms with van der Waals surface area (Å²) >= 11 is 0. The van der Waals surface area contributed by atoms with Crippen molar-refractivity contribution >= 4 is 29.7 Å². The van der Waals surface area contributed by atoms with Crippen molar-refractivity contribution in [3.05, 3.63) is 125 Å². The number of rotatable bonds is 12. The molecule has 3 rings (SSSR count). The van der Waals surface area contributed by atoms with E-state index in [1.807, 2.05) is 6.07 Å². The second-order valence-electron chi connectivity index (χ2n) is 11.6. The zero-order valence-electron chi connectivity index (χ0n) is 29.2. The Morgan fingerprint density at radius 2 is 1.32 bits per heavy atom. The van der Waals surface area contributed by atoms with Gasteiger partial charge < -0.3 is 24.3 Å². The first-order valence-corrected chi connectivity index (χ1v) is 15.5. The van der Waals surface area contributed by atoms with Gasteiger partial charge in [-0.1, -0.05) is 61.2 Å². The van der Waals surface area contributed by atoms with Crippen molar-refractivity contribution < 1.29 is 38.1 Å². The molecule has 0 saturated heterocycles. The molecule has 3 N–H and O–H groups in total. The number of nitrogens with zero attached hydrogens (tertiary/aromatic N) is 1. The zero-order valence-corrected chi connectivity index (χ0v) is 29.2. The summed E-state index contributed by atoms with van der Waals surface area (Å²) in [5.41, 5.74) is 1.83. The van der Waals surface area contributed by atoms with Crippen molar-refractivity contribution in [3.63, 3.8) is 0 Å². The van der Waals surface area contributed by atoms with Gasteiger partial charge in [0, 0.05) is 28.0 Å². The smallest absolute Gasteiger partial charge is 0.414 e. The standard InChI is InChI=1S/C38H42N4O8/c1-9-29(40-34(44)27-19-17-26(18-20-27)32(43)25-15-11-10-12-16-25)24(2)14-13-21-39-36(42-37(46)50-38(3,4)5)41-35(45)28-22-30(47-6)33(49-8)31(23-28)48-7/h9-20,22-23H,1,21H2,2-8H3,(H,40,44)(H2,39,41,42,45,46). The quantitative estimate of drug-likeness (QED) is 0.0910. The van der Waals surface area contributed by atoms with Gasteiger partial charge in [0.1, 0.15) is 5.60 Å². The van der Waals surface area contributed by atoms with E-state index in [1.165, 1.54) is 39.5 Å². The lowest BCUT2D eigenvalue weighted by molar-refractivity contribution is 0.0561. The molecule has 3 amide bonds. The first-order valence-electron chi connectivity index (χ1n) is 15.5. The van der Waals surface area contributed by atoms with Gasteiger partial charge in [-0.15, -0.1) is 0 Å². The van der Waals surface area contributed by atoms with Gasteiger partial charge in [0.2, 0.25) is 11.7 Å². The molecular formula is C38H42N4O8. The molecule has 12 heteroatoms. The fraction of sp³-hybridized carbons (Fsp3) is 0.237. The summed E-state index contributed by atoms with van der Waals surface area (Å²) in [6.45, 7) is 10.7. The molecule has 262 valence electrons. The van der Waals surface area contributed by atoms with Gasteiger partial charge >= 0.3 is 6.09 Å². The number of carbonyl (C=O) groups excluding carboxylic acids is 4. The minimum atomic E-state index is -0.824. The highest BCUT2D eigenvalue weighted by Gasteiger charge is 2.21. The molecule has 3 aromatic rings. The van der Waals surface area contributed by atoms with Crippen LogP contribution in [0.2, 0.25) is 0 Å². The normalized spacial score (nSPS) is 11.9. The van der Waals surface area contributed by atoms with Crippen LogP contribution in [0.4, 0.5) is 4.79 Å². The number of nitrogens with one attached hydrogen (secondary N) is 3. The van der Waals surface area contributed by atoms with Crippen molar-refractivity contribution in [2.75, 3.05) is 27.9 Å². The van der Waals surface area contributed by atoms with Gasteiger partial charge in [-0.05, 0) is 63.6 Å². The van der Waals surface area contributed by atoms with Crippen LogP contribution in [0.25, 0.3) is 0 Å². The summed E-state index contributed by atoms with van der Waals surface area (Å²) in [6.07, 6.45) is 4.04. The van der Waals surface area contributed by atoms with E-state index in [4.69, 9.17) is 18.9 Å². The summed E-state index contributed by atoms with van der Waals surface area (Å²) < 4.78 is 21.3. The van der Waals surface area contributed by atoms with Crippen LogP contribution in [0, 0.1) is 0 Å². The third-order valence-corrected chi connectivity index (χ3v) is 6.82. The van der Waals surface area contributed by atoms with Crippen LogP contribution in [-0.4, -0.2) is 63.1 Å². The molecule has 0 bridgehead atoms. The van der Waals surface area contributed by atoms with E-state index in [9.17, 15) is 19.2 Å². The molecule has 0 heterocycles. The molecule has 3 aromatic carbocycles. The van der Waals surface area contributed by atoms with E-state index >= 15 is 0 Å². The number of methoxy groups -OCH3 is 3. The average Bonchev–Trinajstić information content (AvgIpc) is 3.10. The highest BCUT2D eigenvalue weighted by Crippen LogP contribution is 2.38. The minimum absolute atomic E-state index is 0.0211. The lowest BCUT2D eigenvalue weighted by Gasteiger charge is -2.20. The Morgan fingerprint density at radius 1 is 0.760 bits per heavy atom. The molecule has 0 unspecified atom stereocenters. The van der Waals surface area contributed by atoms with Gasteiger partial charge in [0.05, 0.1) is 27.9 Å². The van der Waals surface area contributed by atoms with Gasteiger partial charge in [-0.3, -0.25) is 25.0 Å². The summed E-state index contributed by atoms with van der Waals surface area (Å²) in [6, 6.07) is 18.2. The van der Waals surface area contributed by atoms with Crippen LogP contribution in [0.15, 0.2) is 108 Å². The lowest BCUT2D eigenvalue weighted by atomic mass is 10.0. The van der Waals surface area contributed by atoms with Gasteiger partial charge in [-0.2, -0.15) is 0 Å². The van der Waals surface area contributed by atoms with Crippen molar-refractivity contribution in [1.82, 2.24) is 16.0 Å². The lowest BCUT2D eigenvalue weighted by Crippen LogP contribution is -2.45. The van der Waals surface area contributed by atoms with Crippen LogP contribution in [0.1, 0.15) is 64.3 Å². The van der Waals surface area contributed by atoms with Crippen LogP contribution in [-0.2, 0) is 4.74 Å². The number of hydrogen-bond donors (Lipinski definition) is 3. The maximum absolute atomic E-state index is 13.2. The maximum Gasteiger partial charge on any atom is 0.414 e. The molecular weight excluding hydrogens is 640 g/mol. The number of benzene rings is 3. The van der Waals surface area contributed by atoms with Crippen LogP contribution >= 0.6 is 0 Å². The van der Waals surface area contributed by atoms with E-state index in [0.717, 1.165) is 0 Å². The van der Waals surface area contributed by atoms with Crippen LogP contribution in [0.3, 0.4) is 0 Å². The van der Waals surface area contributed by atoms with E-state index in [2.05, 4.69) is 27.5 Å². The Labute approximate surface area is 291 Å². The Morgan fingerprint density at radius 3 is 1.86 bits per heavy atom. The molecule has 50 heavy (non-hydrogen) atoms. The Hall–Kier alpha value is -6.17. The summed E-state index contributed by atoms with van der Waals surface area (Å²) in [4.78, 5) is 55.8. The van der Waals surface area contributed by atoms with Crippen molar-refractivity contribution in [3.8, 4) is 17.2 Å². The van der Waals surface area contributed by atoms with Crippen molar-refractivity contribution in [2.24, 2.45) is 4.99 Å². The number of carbonyl (C=O) groups is 4. The highest BCUT2D eigenvalue weighted by molar-refractivity contribution is 6.10. The van der Waals surface area contributed by atoms with E-state index in [0.29, 0.717) is 33.7 Å². The molecule has 0 aliphatic rings. The third kappa shape index (κ3) is 10.9. The maximum atomic E-state index is 13.2. The number of allylic oxidation sites excluding steroid dienone is 3. The molecule has 0 aromatic heterocycles. The van der Waals surface area contributed by atoms with E-state index < -0.39 is 17.6 Å². The fourth-order valence-corrected chi connectivity index (χ4v) is 4.40. The zero-order chi connectivity index (χ0) is 36.8. The number of ketones is 1. The van der Waals surface area contributed by atoms with Crippen LogP contribution in [0.5, 0.6) is 17.2 Å². The topological polar surface area (TPSA) is 154 Å². The number of alkyl carbamates (subject to hydrolysis) is 1. The fourth-order valence-electron chi connectivity index (χ4n) is 4.40. The summed E-state index contributed by atoms with van der Waals surface area (Å²) in [7, 11) is 4.30. The highest BCUT2D eigenvalue weighted by atomic mass is 16.6. The predicted molar refractivity (Wildman–Crippen MR) is 191 cm³/mol. The van der Waals surface area contributed by atoms with Crippen molar-refractivity contribution in [2.45, 2.75) is 33.3 Å². The first-order chi connectivity index (χ1) is 23.8. The molecule has 0 aliphatic heterocycles. The molecule has 0 spiro atoms. The molecule has 0 fully saturated rings. The summed E-state index contributed by atoms with van der Waals surface area (Å²) in [5.74, 6) is -0.476. The molecule has 0 atom stereocenters. The summed E-state index contributed by atoms with van der Waals surface area (Å²) in [5, 5.41) is 7.88. The Kier molecular flexibility index (Phi) is 13.7. The average molecular weight is 683 g/mol. The first kappa shape index (κ1) is 38.3. The molecule has 12 nitrogen and oxygen atoms in total. The SMILES string of the molecule is C=CC(NC(=O)c1ccc(C(=O)c2ccccc2)cc1)=C(C)C=CCN=C(NC(=O)OC(C)(C)C)NC(=O)c1cc(OC)c(OC)c(OC)c1. The third-order valence-electron chi connectivity index (χ3n) is 6.82. The minimum Gasteiger partial charge on any atom is -0.493 e. The largest absolute Gasteiger partial charge is 0.493 e. The van der Waals surface area contributed by atoms with Gasteiger partial charge in [0.25, 0.3) is 11.8 Å². The van der Waals surface area contributed by atoms with Gasteiger partial charge in [0.15, 0.2) is 17.3 Å². The number of aliphatic imine (C=N–C) groups is 1. The van der Waals surface area contributed by atoms with E-state index in [1.54, 1.807) is 88.4 Å².